The van der Waals surface area contributed by atoms with Crippen molar-refractivity contribution < 1.29 is 8.42 Å². The van der Waals surface area contributed by atoms with Crippen molar-refractivity contribution in [2.24, 2.45) is 0 Å². The summed E-state index contributed by atoms with van der Waals surface area (Å²) in [7, 11) is -3.67. The van der Waals surface area contributed by atoms with E-state index in [9.17, 15) is 8.42 Å². The molecule has 9 heteroatoms. The van der Waals surface area contributed by atoms with Crippen LogP contribution in [0.4, 0.5) is 0 Å². The molecule has 1 heterocycles. The number of hydrogen-bond donors (Lipinski definition) is 2. The molecule has 6 nitrogen and oxygen atoms in total. The van der Waals surface area contributed by atoms with Crippen LogP contribution in [-0.2, 0) is 16.4 Å². The zero-order valence-corrected chi connectivity index (χ0v) is 12.8. The van der Waals surface area contributed by atoms with Gasteiger partial charge in [0.15, 0.2) is 0 Å². The molecule has 2 rings (SSSR count). The molecule has 0 bridgehead atoms. The fourth-order valence-electron chi connectivity index (χ4n) is 1.47. The van der Waals surface area contributed by atoms with Gasteiger partial charge in [0.1, 0.15) is 17.0 Å². The number of hydrogen-bond acceptors (Lipinski definition) is 4. The van der Waals surface area contributed by atoms with E-state index in [-0.39, 0.29) is 16.5 Å². The number of aromatic nitrogens is 3. The molecule has 0 radical (unpaired) electrons. The summed E-state index contributed by atoms with van der Waals surface area (Å²) in [5.74, 6) is 0.612. The molecule has 2 N–H and O–H groups in total. The highest BCUT2D eigenvalue weighted by Crippen LogP contribution is 2.28. The first-order valence-corrected chi connectivity index (χ1v) is 7.94. The van der Waals surface area contributed by atoms with E-state index in [2.05, 4.69) is 35.8 Å². The number of sulfonamides is 1. The summed E-state index contributed by atoms with van der Waals surface area (Å²) in [6.45, 7) is 0.204. The van der Waals surface area contributed by atoms with E-state index < -0.39 is 10.0 Å². The number of rotatable bonds is 5. The molecule has 0 unspecified atom stereocenters. The number of benzene rings is 1. The van der Waals surface area contributed by atoms with E-state index in [1.807, 2.05) is 0 Å². The number of nitrogens with one attached hydrogen (secondary N) is 2. The van der Waals surface area contributed by atoms with Crippen LogP contribution in [0.25, 0.3) is 0 Å². The quantitative estimate of drug-likeness (QED) is 0.845. The van der Waals surface area contributed by atoms with Crippen molar-refractivity contribution in [3.63, 3.8) is 0 Å². The molecular weight excluding hydrogens is 356 g/mol. The highest BCUT2D eigenvalue weighted by atomic mass is 79.9. The molecule has 0 amide bonds. The maximum Gasteiger partial charge on any atom is 0.243 e. The maximum atomic E-state index is 12.1. The maximum absolute atomic E-state index is 12.1. The highest BCUT2D eigenvalue weighted by molar-refractivity contribution is 9.10. The van der Waals surface area contributed by atoms with Gasteiger partial charge in [0.25, 0.3) is 0 Å². The molecule has 1 aromatic heterocycles. The molecular formula is C10H10BrClN4O2S. The minimum atomic E-state index is -3.67. The SMILES string of the molecule is O=S(=O)(NCCc1ncn[nH]1)c1c(Cl)cccc1Br. The minimum Gasteiger partial charge on any atom is -0.263 e. The van der Waals surface area contributed by atoms with Gasteiger partial charge >= 0.3 is 0 Å². The number of halogens is 2. The van der Waals surface area contributed by atoms with Crippen LogP contribution in [0.5, 0.6) is 0 Å². The second-order valence-corrected chi connectivity index (χ2v) is 6.60. The Labute approximate surface area is 123 Å². The van der Waals surface area contributed by atoms with Crippen LogP contribution < -0.4 is 4.72 Å². The third kappa shape index (κ3) is 3.53. The molecule has 0 aliphatic carbocycles. The van der Waals surface area contributed by atoms with Gasteiger partial charge in [-0.2, -0.15) is 5.10 Å². The Bertz CT molecular complexity index is 640. The van der Waals surface area contributed by atoms with Gasteiger partial charge in [-0.15, -0.1) is 0 Å². The third-order valence-electron chi connectivity index (χ3n) is 2.31. The Hall–Kier alpha value is -0.960. The van der Waals surface area contributed by atoms with Crippen LogP contribution in [-0.4, -0.2) is 30.1 Å². The third-order valence-corrected chi connectivity index (χ3v) is 5.22. The molecule has 102 valence electrons. The summed E-state index contributed by atoms with van der Waals surface area (Å²) in [4.78, 5) is 3.94. The molecule has 0 aliphatic rings. The van der Waals surface area contributed by atoms with Gasteiger partial charge in [-0.25, -0.2) is 18.1 Å². The van der Waals surface area contributed by atoms with Crippen LogP contribution in [0, 0.1) is 0 Å². The Morgan fingerprint density at radius 2 is 2.21 bits per heavy atom. The van der Waals surface area contributed by atoms with Crippen molar-refractivity contribution >= 4 is 37.6 Å². The monoisotopic (exact) mass is 364 g/mol. The van der Waals surface area contributed by atoms with Crippen LogP contribution in [0.2, 0.25) is 5.02 Å². The van der Waals surface area contributed by atoms with Crippen molar-refractivity contribution in [2.45, 2.75) is 11.3 Å². The highest BCUT2D eigenvalue weighted by Gasteiger charge is 2.20. The van der Waals surface area contributed by atoms with Crippen molar-refractivity contribution in [3.8, 4) is 0 Å². The van der Waals surface area contributed by atoms with E-state index in [4.69, 9.17) is 11.6 Å². The summed E-state index contributed by atoms with van der Waals surface area (Å²) >= 11 is 9.10. The molecule has 2 aromatic rings. The number of aromatic amines is 1. The Balaban J connectivity index is 2.10. The van der Waals surface area contributed by atoms with Crippen LogP contribution in [0.1, 0.15) is 5.82 Å². The van der Waals surface area contributed by atoms with Gasteiger partial charge in [0.2, 0.25) is 10.0 Å². The summed E-state index contributed by atoms with van der Waals surface area (Å²) in [6.07, 6.45) is 1.79. The Morgan fingerprint density at radius 3 is 2.84 bits per heavy atom. The topological polar surface area (TPSA) is 87.7 Å². The van der Waals surface area contributed by atoms with E-state index in [0.29, 0.717) is 16.7 Å². The first-order valence-electron chi connectivity index (χ1n) is 5.28. The van der Waals surface area contributed by atoms with Gasteiger partial charge in [-0.05, 0) is 28.1 Å². The van der Waals surface area contributed by atoms with Crippen molar-refractivity contribution in [2.75, 3.05) is 6.54 Å². The molecule has 0 atom stereocenters. The number of H-pyrrole nitrogens is 1. The fraction of sp³-hybridized carbons (Fsp3) is 0.200. The lowest BCUT2D eigenvalue weighted by atomic mass is 10.4. The predicted octanol–water partition coefficient (Wildman–Crippen LogP) is 1.74. The van der Waals surface area contributed by atoms with Crippen LogP contribution in [0.3, 0.4) is 0 Å². The molecule has 19 heavy (non-hydrogen) atoms. The smallest absolute Gasteiger partial charge is 0.243 e. The fourth-order valence-corrected chi connectivity index (χ4v) is 4.23. The van der Waals surface area contributed by atoms with E-state index in [0.717, 1.165) is 0 Å². The van der Waals surface area contributed by atoms with Gasteiger partial charge in [0, 0.05) is 17.4 Å². The van der Waals surface area contributed by atoms with Gasteiger partial charge < -0.3 is 0 Å². The average molecular weight is 366 g/mol. The molecule has 0 saturated heterocycles. The van der Waals surface area contributed by atoms with Gasteiger partial charge in [-0.3, -0.25) is 5.10 Å². The van der Waals surface area contributed by atoms with Crippen molar-refractivity contribution in [3.05, 3.63) is 39.8 Å². The first kappa shape index (κ1) is 14.4. The van der Waals surface area contributed by atoms with Gasteiger partial charge in [-0.1, -0.05) is 17.7 Å². The lowest BCUT2D eigenvalue weighted by Gasteiger charge is -2.09. The zero-order valence-electron chi connectivity index (χ0n) is 9.60. The van der Waals surface area contributed by atoms with Crippen LogP contribution >= 0.6 is 27.5 Å². The summed E-state index contributed by atoms with van der Waals surface area (Å²) in [6, 6.07) is 4.81. The van der Waals surface area contributed by atoms with Gasteiger partial charge in [0.05, 0.1) is 5.02 Å². The minimum absolute atomic E-state index is 0.0363. The Morgan fingerprint density at radius 1 is 1.42 bits per heavy atom. The first-order chi connectivity index (χ1) is 9.00. The second-order valence-electron chi connectivity index (χ2n) is 3.63. The zero-order chi connectivity index (χ0) is 13.9. The lowest BCUT2D eigenvalue weighted by molar-refractivity contribution is 0.580. The summed E-state index contributed by atoms with van der Waals surface area (Å²) < 4.78 is 27.1. The summed E-state index contributed by atoms with van der Waals surface area (Å²) in [5.41, 5.74) is 0. The lowest BCUT2D eigenvalue weighted by Crippen LogP contribution is -2.26. The summed E-state index contributed by atoms with van der Waals surface area (Å²) in [5, 5.41) is 6.50. The molecule has 1 aromatic carbocycles. The van der Waals surface area contributed by atoms with Crippen LogP contribution in [0.15, 0.2) is 33.9 Å². The van der Waals surface area contributed by atoms with E-state index in [1.54, 1.807) is 12.1 Å². The second kappa shape index (κ2) is 6.00. The largest absolute Gasteiger partial charge is 0.263 e. The molecule has 0 aliphatic heterocycles. The molecule has 0 saturated carbocycles. The van der Waals surface area contributed by atoms with Crippen molar-refractivity contribution in [1.29, 1.82) is 0 Å². The van der Waals surface area contributed by atoms with E-state index in [1.165, 1.54) is 12.4 Å². The van der Waals surface area contributed by atoms with Crippen molar-refractivity contribution in [1.82, 2.24) is 19.9 Å². The standard InChI is InChI=1S/C10H10BrClN4O2S/c11-7-2-1-3-8(12)10(7)19(17,18)15-5-4-9-13-6-14-16-9/h1-3,6,15H,4-5H2,(H,13,14,16). The molecule has 0 spiro atoms. The normalized spacial score (nSPS) is 11.7. The molecule has 0 fully saturated rings. The predicted molar refractivity (Wildman–Crippen MR) is 74.4 cm³/mol. The Kier molecular flexibility index (Phi) is 4.56. The average Bonchev–Trinajstić information content (AvgIpc) is 2.81. The number of nitrogens with zero attached hydrogens (tertiary/aromatic N) is 2. The van der Waals surface area contributed by atoms with E-state index >= 15 is 0 Å².